The van der Waals surface area contributed by atoms with Crippen LogP contribution in [0.5, 0.6) is 0 Å². The molecule has 0 saturated carbocycles. The molecule has 0 fully saturated rings. The smallest absolute Gasteiger partial charge is 0.410 e. The van der Waals surface area contributed by atoms with Gasteiger partial charge in [0.05, 0.1) is 0 Å². The molecule has 0 aliphatic rings. The molecular weight excluding hydrogens is 368 g/mol. The molecule has 0 aliphatic carbocycles. The fraction of sp³-hybridized carbons (Fsp3) is 0.143. The van der Waals surface area contributed by atoms with Gasteiger partial charge in [-0.2, -0.15) is 0 Å². The average Bonchev–Trinajstić information content (AvgIpc) is 2.66. The Hall–Kier alpha value is -1.77. The van der Waals surface area contributed by atoms with Crippen molar-refractivity contribution >= 4 is 44.4 Å². The minimum absolute atomic E-state index is 0.0901. The van der Waals surface area contributed by atoms with E-state index in [9.17, 15) is 0 Å². The zero-order valence-corrected chi connectivity index (χ0v) is 18.2. The number of hydrogen-bond acceptors (Lipinski definition) is 2. The monoisotopic (exact) mass is 389 g/mol. The normalized spacial score (nSPS) is 11.5. The fourth-order valence-corrected chi connectivity index (χ4v) is 8.49. The van der Waals surface area contributed by atoms with Crippen LogP contribution in [0.3, 0.4) is 0 Å². The molecule has 5 radical (unpaired) electrons. The minimum Gasteiger partial charge on any atom is -0.435 e. The van der Waals surface area contributed by atoms with Gasteiger partial charge in [-0.15, -0.1) is 0 Å². The van der Waals surface area contributed by atoms with Crippen molar-refractivity contribution in [3.05, 3.63) is 89.5 Å². The molecule has 3 rings (SSSR count). The van der Waals surface area contributed by atoms with Gasteiger partial charge in [0.1, 0.15) is 0 Å². The van der Waals surface area contributed by atoms with Gasteiger partial charge in [0.2, 0.25) is 10.5 Å². The predicted molar refractivity (Wildman–Crippen MR) is 112 cm³/mol. The minimum atomic E-state index is -2.66. The van der Waals surface area contributed by atoms with Crippen LogP contribution in [0.2, 0.25) is 0 Å². The van der Waals surface area contributed by atoms with Crippen LogP contribution in [0, 0.1) is 20.8 Å². The highest BCUT2D eigenvalue weighted by molar-refractivity contribution is 7.08. The van der Waals surface area contributed by atoms with Gasteiger partial charge in [-0.05, 0) is 36.3 Å². The second-order valence-electron chi connectivity index (χ2n) is 6.57. The molecule has 0 saturated heterocycles. The summed E-state index contributed by atoms with van der Waals surface area (Å²) in [6.45, 7) is 6.32. The molecule has 2 nitrogen and oxygen atoms in total. The molecule has 0 amide bonds. The van der Waals surface area contributed by atoms with Crippen molar-refractivity contribution in [2.75, 3.05) is 0 Å². The van der Waals surface area contributed by atoms with Gasteiger partial charge in [-0.25, -0.2) is 0 Å². The van der Waals surface area contributed by atoms with Crippen molar-refractivity contribution < 1.29 is 8.23 Å². The molecule has 0 heterocycles. The lowest BCUT2D eigenvalue weighted by atomic mass is 10.2. The largest absolute Gasteiger partial charge is 0.435 e. The summed E-state index contributed by atoms with van der Waals surface area (Å²) in [5.41, 5.74) is 3.72. The summed E-state index contributed by atoms with van der Waals surface area (Å²) in [5.74, 6) is 0. The van der Waals surface area contributed by atoms with Gasteiger partial charge in [0.15, 0.2) is 0 Å². The van der Waals surface area contributed by atoms with Crippen molar-refractivity contribution in [2.45, 2.75) is 20.8 Å². The van der Waals surface area contributed by atoms with Crippen LogP contribution in [0.25, 0.3) is 0 Å². The molecular formula is C21H21O2Si3. The Kier molecular flexibility index (Phi) is 6.05. The lowest BCUT2D eigenvalue weighted by Crippen LogP contribution is -2.70. The first kappa shape index (κ1) is 19.0. The molecule has 3 aromatic carbocycles. The first-order valence-electron chi connectivity index (χ1n) is 8.53. The third-order valence-electron chi connectivity index (χ3n) is 4.61. The van der Waals surface area contributed by atoms with Gasteiger partial charge < -0.3 is 8.23 Å². The number of rotatable bonds is 6. The Labute approximate surface area is 162 Å². The molecule has 0 atom stereocenters. The zero-order valence-electron chi connectivity index (χ0n) is 15.2. The predicted octanol–water partition coefficient (Wildman–Crippen LogP) is 2.23. The van der Waals surface area contributed by atoms with Crippen LogP contribution in [0.15, 0.2) is 72.8 Å². The van der Waals surface area contributed by atoms with Crippen molar-refractivity contribution in [3.8, 4) is 0 Å². The van der Waals surface area contributed by atoms with E-state index in [0.29, 0.717) is 0 Å². The molecule has 26 heavy (non-hydrogen) atoms. The quantitative estimate of drug-likeness (QED) is 0.475. The molecule has 0 unspecified atom stereocenters. The van der Waals surface area contributed by atoms with E-state index in [1.165, 1.54) is 32.3 Å². The van der Waals surface area contributed by atoms with Crippen molar-refractivity contribution in [1.29, 1.82) is 0 Å². The van der Waals surface area contributed by atoms with Gasteiger partial charge in [-0.3, -0.25) is 0 Å². The average molecular weight is 390 g/mol. The van der Waals surface area contributed by atoms with Crippen molar-refractivity contribution in [1.82, 2.24) is 0 Å². The molecule has 129 valence electrons. The summed E-state index contributed by atoms with van der Waals surface area (Å²) in [5, 5.41) is 3.64. The summed E-state index contributed by atoms with van der Waals surface area (Å²) < 4.78 is 11.7. The topological polar surface area (TPSA) is 18.5 Å². The van der Waals surface area contributed by atoms with E-state index in [4.69, 9.17) is 8.23 Å². The van der Waals surface area contributed by atoms with Crippen molar-refractivity contribution in [3.63, 3.8) is 0 Å². The summed E-state index contributed by atoms with van der Waals surface area (Å²) in [6.07, 6.45) is 0. The summed E-state index contributed by atoms with van der Waals surface area (Å²) in [7, 11) is 0.368. The maximum absolute atomic E-state index is 6.55. The molecule has 0 aliphatic heterocycles. The van der Waals surface area contributed by atoms with Crippen LogP contribution in [-0.4, -0.2) is 28.8 Å². The van der Waals surface area contributed by atoms with E-state index in [1.54, 1.807) is 0 Å². The third kappa shape index (κ3) is 3.82. The SMILES string of the molecule is Cc1ccc([Si](O[Si]O[Si])(c2ccc(C)cc2)c2ccc(C)cc2)cc1. The number of aryl methyl sites for hydroxylation is 3. The molecule has 0 N–H and O–H groups in total. The van der Waals surface area contributed by atoms with Gasteiger partial charge >= 0.3 is 10.0 Å². The Morgan fingerprint density at radius 2 is 0.923 bits per heavy atom. The fourth-order valence-electron chi connectivity index (χ4n) is 3.12. The molecule has 0 bridgehead atoms. The Bertz CT molecular complexity index is 733. The molecule has 0 spiro atoms. The molecule has 5 heteroatoms. The van der Waals surface area contributed by atoms with E-state index < -0.39 is 8.32 Å². The van der Waals surface area contributed by atoms with Crippen LogP contribution >= 0.6 is 0 Å². The van der Waals surface area contributed by atoms with Crippen LogP contribution in [0.1, 0.15) is 16.7 Å². The van der Waals surface area contributed by atoms with E-state index in [-0.39, 0.29) is 10.0 Å². The first-order chi connectivity index (χ1) is 12.6. The lowest BCUT2D eigenvalue weighted by Gasteiger charge is -2.33. The highest BCUT2D eigenvalue weighted by Gasteiger charge is 2.42. The Balaban J connectivity index is 2.27. The van der Waals surface area contributed by atoms with Gasteiger partial charge in [-0.1, -0.05) is 89.5 Å². The van der Waals surface area contributed by atoms with Gasteiger partial charge in [0, 0.05) is 0 Å². The van der Waals surface area contributed by atoms with Crippen LogP contribution in [-0.2, 0) is 8.23 Å². The second kappa shape index (κ2) is 8.28. The van der Waals surface area contributed by atoms with E-state index in [1.807, 2.05) is 0 Å². The van der Waals surface area contributed by atoms with E-state index >= 15 is 0 Å². The van der Waals surface area contributed by atoms with Crippen LogP contribution in [0.4, 0.5) is 0 Å². The van der Waals surface area contributed by atoms with Crippen molar-refractivity contribution in [2.24, 2.45) is 0 Å². The number of hydrogen-bond donors (Lipinski definition) is 0. The highest BCUT2D eigenvalue weighted by Crippen LogP contribution is 2.11. The number of benzene rings is 3. The zero-order chi connectivity index (χ0) is 18.6. The summed E-state index contributed by atoms with van der Waals surface area (Å²) in [4.78, 5) is 0. The van der Waals surface area contributed by atoms with E-state index in [2.05, 4.69) is 104 Å². The second-order valence-corrected chi connectivity index (χ2v) is 11.5. The first-order valence-corrected chi connectivity index (χ1v) is 11.7. The third-order valence-corrected chi connectivity index (χ3v) is 9.94. The standard InChI is InChI=1S/C21H21O2Si3/c1-16-4-10-19(11-5-16)26(23-25-22-24,20-12-6-17(2)7-13-20)21-14-8-18(3)9-15-21/h4-15H,1-3H3. The summed E-state index contributed by atoms with van der Waals surface area (Å²) in [6, 6.07) is 26.1. The molecule has 3 aromatic rings. The van der Waals surface area contributed by atoms with Crippen LogP contribution < -0.4 is 15.6 Å². The Morgan fingerprint density at radius 3 is 1.19 bits per heavy atom. The summed E-state index contributed by atoms with van der Waals surface area (Å²) >= 11 is 0. The highest BCUT2D eigenvalue weighted by atomic mass is 28.4. The molecule has 0 aromatic heterocycles. The maximum Gasteiger partial charge on any atom is 0.410 e. The lowest BCUT2D eigenvalue weighted by molar-refractivity contribution is 0.493. The maximum atomic E-state index is 6.55. The van der Waals surface area contributed by atoms with E-state index in [0.717, 1.165) is 0 Å². The Morgan fingerprint density at radius 1 is 0.615 bits per heavy atom. The van der Waals surface area contributed by atoms with Gasteiger partial charge in [0.25, 0.3) is 8.32 Å².